The topological polar surface area (TPSA) is 77.1 Å². The van der Waals surface area contributed by atoms with Gasteiger partial charge in [-0.15, -0.1) is 0 Å². The van der Waals surface area contributed by atoms with E-state index in [1.807, 2.05) is 18.2 Å². The highest BCUT2D eigenvalue weighted by molar-refractivity contribution is 6.04. The number of nitrogens with one attached hydrogen (secondary N) is 1. The molecule has 1 saturated carbocycles. The van der Waals surface area contributed by atoms with Gasteiger partial charge >= 0.3 is 0 Å². The van der Waals surface area contributed by atoms with E-state index >= 15 is 0 Å². The van der Waals surface area contributed by atoms with Crippen molar-refractivity contribution in [3.8, 4) is 11.5 Å². The zero-order valence-corrected chi connectivity index (χ0v) is 19.2. The average Bonchev–Trinajstić information content (AvgIpc) is 3.63. The molecule has 7 heteroatoms. The van der Waals surface area contributed by atoms with Crippen LogP contribution < -0.4 is 14.8 Å². The Kier molecular flexibility index (Phi) is 5.65. The molecule has 2 saturated heterocycles. The van der Waals surface area contributed by atoms with Gasteiger partial charge in [0, 0.05) is 36.2 Å². The molecule has 3 fully saturated rings. The molecule has 7 nitrogen and oxygen atoms in total. The van der Waals surface area contributed by atoms with E-state index in [4.69, 9.17) is 14.2 Å². The molecule has 2 aromatic carbocycles. The van der Waals surface area contributed by atoms with Crippen LogP contribution in [0.2, 0.25) is 0 Å². The summed E-state index contributed by atoms with van der Waals surface area (Å²) in [6.07, 6.45) is 6.45. The monoisotopic (exact) mass is 462 g/mol. The van der Waals surface area contributed by atoms with E-state index in [1.54, 1.807) is 18.2 Å². The lowest BCUT2D eigenvalue weighted by Gasteiger charge is -2.35. The Morgan fingerprint density at radius 1 is 0.971 bits per heavy atom. The molecule has 34 heavy (non-hydrogen) atoms. The Morgan fingerprint density at radius 2 is 1.82 bits per heavy atom. The molecule has 0 bridgehead atoms. The molecule has 4 aliphatic rings. The van der Waals surface area contributed by atoms with Gasteiger partial charge in [-0.3, -0.25) is 9.59 Å². The highest BCUT2D eigenvalue weighted by atomic mass is 16.7. The van der Waals surface area contributed by atoms with E-state index in [0.717, 1.165) is 50.0 Å². The smallest absolute Gasteiger partial charge is 0.255 e. The first kappa shape index (κ1) is 21.5. The van der Waals surface area contributed by atoms with Crippen molar-refractivity contribution >= 4 is 17.5 Å². The molecule has 178 valence electrons. The van der Waals surface area contributed by atoms with Crippen LogP contribution >= 0.6 is 0 Å². The molecule has 2 aromatic rings. The lowest BCUT2D eigenvalue weighted by Crippen LogP contribution is -2.46. The number of nitrogens with zero attached hydrogens (tertiary/aromatic N) is 1. The first-order chi connectivity index (χ1) is 16.6. The van der Waals surface area contributed by atoms with E-state index in [0.29, 0.717) is 28.9 Å². The van der Waals surface area contributed by atoms with Crippen LogP contribution in [0, 0.1) is 11.8 Å². The number of ether oxygens (including phenoxy) is 3. The molecule has 1 aliphatic carbocycles. The van der Waals surface area contributed by atoms with Crippen molar-refractivity contribution in [1.29, 1.82) is 0 Å². The third-order valence-corrected chi connectivity index (χ3v) is 7.69. The summed E-state index contributed by atoms with van der Waals surface area (Å²) < 4.78 is 17.1. The molecule has 6 rings (SSSR count). The lowest BCUT2D eigenvalue weighted by molar-refractivity contribution is -0.138. The number of hydrogen-bond donors (Lipinski definition) is 1. The second-order valence-corrected chi connectivity index (χ2v) is 9.86. The summed E-state index contributed by atoms with van der Waals surface area (Å²) in [5.41, 5.74) is 2.31. The number of fused-ring (bicyclic) bond motifs is 2. The predicted octanol–water partition coefficient (Wildman–Crippen LogP) is 4.54. The van der Waals surface area contributed by atoms with Gasteiger partial charge in [0.05, 0.1) is 12.2 Å². The number of piperidine rings is 1. The lowest BCUT2D eigenvalue weighted by atomic mass is 9.90. The van der Waals surface area contributed by atoms with Crippen molar-refractivity contribution in [3.63, 3.8) is 0 Å². The minimum absolute atomic E-state index is 0.0149. The zero-order chi connectivity index (χ0) is 23.1. The summed E-state index contributed by atoms with van der Waals surface area (Å²) in [6.45, 7) is 1.78. The molecular weight excluding hydrogens is 432 g/mol. The number of benzene rings is 2. The molecule has 3 atom stereocenters. The number of rotatable bonds is 4. The molecule has 1 N–H and O–H groups in total. The molecule has 3 unspecified atom stereocenters. The fourth-order valence-corrected chi connectivity index (χ4v) is 5.86. The molecule has 0 spiro atoms. The van der Waals surface area contributed by atoms with Crippen LogP contribution in [0.1, 0.15) is 60.6 Å². The zero-order valence-electron chi connectivity index (χ0n) is 19.2. The van der Waals surface area contributed by atoms with Crippen molar-refractivity contribution < 1.29 is 23.8 Å². The van der Waals surface area contributed by atoms with E-state index < -0.39 is 0 Å². The van der Waals surface area contributed by atoms with Gasteiger partial charge in [0.15, 0.2) is 11.5 Å². The standard InChI is InChI=1S/C27H30N2O5/c30-26(19-8-9-23-25(13-19)33-16-32-23)28-21-7-3-6-18(12-21)24-14-20-15-29(11-10-22(20)34-24)27(31)17-4-1-2-5-17/h3,6-9,12-13,17,20,22,24H,1-2,4-5,10-11,14-16H2,(H,28,30). The highest BCUT2D eigenvalue weighted by Crippen LogP contribution is 2.42. The minimum atomic E-state index is -0.197. The first-order valence-electron chi connectivity index (χ1n) is 12.4. The van der Waals surface area contributed by atoms with Gasteiger partial charge in [-0.25, -0.2) is 0 Å². The van der Waals surface area contributed by atoms with Crippen LogP contribution in [0.4, 0.5) is 5.69 Å². The fraction of sp³-hybridized carbons (Fsp3) is 0.481. The summed E-state index contributed by atoms with van der Waals surface area (Å²) in [4.78, 5) is 27.8. The summed E-state index contributed by atoms with van der Waals surface area (Å²) >= 11 is 0. The Labute approximate surface area is 199 Å². The maximum Gasteiger partial charge on any atom is 0.255 e. The summed E-state index contributed by atoms with van der Waals surface area (Å²) in [6, 6.07) is 13.1. The Morgan fingerprint density at radius 3 is 2.71 bits per heavy atom. The Bertz CT molecular complexity index is 1100. The molecule has 3 aliphatic heterocycles. The van der Waals surface area contributed by atoms with Crippen molar-refractivity contribution in [3.05, 3.63) is 53.6 Å². The van der Waals surface area contributed by atoms with Crippen LogP contribution in [-0.4, -0.2) is 42.7 Å². The van der Waals surface area contributed by atoms with Crippen molar-refractivity contribution in [2.24, 2.45) is 11.8 Å². The largest absolute Gasteiger partial charge is 0.454 e. The van der Waals surface area contributed by atoms with E-state index in [1.165, 1.54) is 12.8 Å². The molecule has 3 heterocycles. The van der Waals surface area contributed by atoms with Gasteiger partial charge in [-0.05, 0) is 61.6 Å². The van der Waals surface area contributed by atoms with Crippen molar-refractivity contribution in [2.45, 2.75) is 50.7 Å². The molecule has 2 amide bonds. The predicted molar refractivity (Wildman–Crippen MR) is 126 cm³/mol. The van der Waals surface area contributed by atoms with Crippen LogP contribution in [0.25, 0.3) is 0 Å². The number of carbonyl (C=O) groups is 2. The maximum atomic E-state index is 12.9. The van der Waals surface area contributed by atoms with Crippen LogP contribution in [0.3, 0.4) is 0 Å². The van der Waals surface area contributed by atoms with Gasteiger partial charge in [-0.1, -0.05) is 25.0 Å². The molecular formula is C27H30N2O5. The number of amides is 2. The highest BCUT2D eigenvalue weighted by Gasteiger charge is 2.41. The normalized spacial score (nSPS) is 25.9. The van der Waals surface area contributed by atoms with Gasteiger partial charge in [0.2, 0.25) is 12.7 Å². The first-order valence-corrected chi connectivity index (χ1v) is 12.4. The second kappa shape index (κ2) is 8.95. The summed E-state index contributed by atoms with van der Waals surface area (Å²) in [5.74, 6) is 2.01. The van der Waals surface area contributed by atoms with Gasteiger partial charge in [0.25, 0.3) is 5.91 Å². The summed E-state index contributed by atoms with van der Waals surface area (Å²) in [5, 5.41) is 2.99. The third-order valence-electron chi connectivity index (χ3n) is 7.69. The maximum absolute atomic E-state index is 12.9. The van der Waals surface area contributed by atoms with E-state index in [-0.39, 0.29) is 30.8 Å². The van der Waals surface area contributed by atoms with Gasteiger partial charge < -0.3 is 24.4 Å². The number of likely N-dealkylation sites (tertiary alicyclic amines) is 1. The van der Waals surface area contributed by atoms with Crippen LogP contribution in [-0.2, 0) is 9.53 Å². The SMILES string of the molecule is O=C(Nc1cccc(C2CC3CN(C(=O)C4CCCC4)CCC3O2)c1)c1ccc2c(c1)OCO2. The fourth-order valence-electron chi connectivity index (χ4n) is 5.86. The number of hydrogen-bond acceptors (Lipinski definition) is 5. The Hall–Kier alpha value is -3.06. The van der Waals surface area contributed by atoms with Crippen LogP contribution in [0.15, 0.2) is 42.5 Å². The quantitative estimate of drug-likeness (QED) is 0.722. The van der Waals surface area contributed by atoms with Gasteiger partial charge in [-0.2, -0.15) is 0 Å². The van der Waals surface area contributed by atoms with E-state index in [9.17, 15) is 9.59 Å². The van der Waals surface area contributed by atoms with E-state index in [2.05, 4.69) is 16.3 Å². The van der Waals surface area contributed by atoms with Crippen molar-refractivity contribution in [1.82, 2.24) is 4.90 Å². The average molecular weight is 463 g/mol. The summed E-state index contributed by atoms with van der Waals surface area (Å²) in [7, 11) is 0. The number of carbonyl (C=O) groups excluding carboxylic acids is 2. The van der Waals surface area contributed by atoms with Gasteiger partial charge in [0.1, 0.15) is 0 Å². The minimum Gasteiger partial charge on any atom is -0.454 e. The van der Waals surface area contributed by atoms with Crippen molar-refractivity contribution in [2.75, 3.05) is 25.2 Å². The third kappa shape index (κ3) is 4.13. The number of anilines is 1. The van der Waals surface area contributed by atoms with Crippen LogP contribution in [0.5, 0.6) is 11.5 Å². The molecule has 0 radical (unpaired) electrons. The molecule has 0 aromatic heterocycles. The Balaban J connectivity index is 1.10. The second-order valence-electron chi connectivity index (χ2n) is 9.86.